The molecular formula is C25H22FN7O2. The van der Waals surface area contributed by atoms with Gasteiger partial charge in [0.25, 0.3) is 0 Å². The maximum atomic E-state index is 13.3. The molecule has 0 radical (unpaired) electrons. The Kier molecular flexibility index (Phi) is 5.00. The third-order valence-corrected chi connectivity index (χ3v) is 6.64. The Morgan fingerprint density at radius 1 is 1.09 bits per heavy atom. The number of aromatic nitrogens is 4. The van der Waals surface area contributed by atoms with Gasteiger partial charge in [-0.05, 0) is 36.4 Å². The van der Waals surface area contributed by atoms with E-state index in [4.69, 9.17) is 10.00 Å². The highest BCUT2D eigenvalue weighted by Crippen LogP contribution is 2.41. The molecule has 6 heterocycles. The number of ether oxygens (including phenoxy) is 1. The number of halogens is 1. The van der Waals surface area contributed by atoms with Gasteiger partial charge in [0.2, 0.25) is 0 Å². The molecule has 4 aromatic heterocycles. The quantitative estimate of drug-likeness (QED) is 0.428. The predicted molar refractivity (Wildman–Crippen MR) is 125 cm³/mol. The standard InChI is InChI=1S/C25H22FN7O2/c26-19-2-3-20(28-9-19)23(11-34)35-22-7-18(10-33-21(22)5-6-30-33)17-1-4-24(29-8-17)32-14-25(15-32)12-31(13-25)16-27/h1-10,23,34H,11-15H2. The zero-order chi connectivity index (χ0) is 24.0. The number of hydrogen-bond donors (Lipinski definition) is 1. The molecule has 35 heavy (non-hydrogen) atoms. The van der Waals surface area contributed by atoms with E-state index in [9.17, 15) is 9.50 Å². The van der Waals surface area contributed by atoms with Gasteiger partial charge in [-0.25, -0.2) is 13.9 Å². The summed E-state index contributed by atoms with van der Waals surface area (Å²) in [5.74, 6) is 0.979. The van der Waals surface area contributed by atoms with Crippen molar-refractivity contribution in [1.29, 1.82) is 5.26 Å². The Labute approximate surface area is 200 Å². The molecule has 0 aromatic carbocycles. The van der Waals surface area contributed by atoms with Gasteiger partial charge in [0.15, 0.2) is 12.3 Å². The van der Waals surface area contributed by atoms with Crippen LogP contribution >= 0.6 is 0 Å². The second-order valence-electron chi connectivity index (χ2n) is 9.16. The first-order valence-electron chi connectivity index (χ1n) is 11.3. The second-order valence-corrected chi connectivity index (χ2v) is 9.16. The number of fused-ring (bicyclic) bond motifs is 1. The number of hydrogen-bond acceptors (Lipinski definition) is 8. The van der Waals surface area contributed by atoms with Crippen LogP contribution in [0.15, 0.2) is 61.2 Å². The summed E-state index contributed by atoms with van der Waals surface area (Å²) in [5.41, 5.74) is 3.14. The van der Waals surface area contributed by atoms with Crippen LogP contribution in [0.1, 0.15) is 11.8 Å². The van der Waals surface area contributed by atoms with Crippen molar-refractivity contribution in [1.82, 2.24) is 24.5 Å². The van der Waals surface area contributed by atoms with E-state index in [2.05, 4.69) is 26.2 Å². The van der Waals surface area contributed by atoms with Gasteiger partial charge in [-0.3, -0.25) is 4.98 Å². The van der Waals surface area contributed by atoms with E-state index < -0.39 is 11.9 Å². The number of aliphatic hydroxyl groups excluding tert-OH is 1. The Balaban J connectivity index is 1.23. The van der Waals surface area contributed by atoms with Crippen molar-refractivity contribution in [3.8, 4) is 23.1 Å². The first-order valence-corrected chi connectivity index (χ1v) is 11.3. The number of nitriles is 1. The second kappa shape index (κ2) is 8.21. The largest absolute Gasteiger partial charge is 0.479 e. The average Bonchev–Trinajstić information content (AvgIpc) is 3.31. The van der Waals surface area contributed by atoms with E-state index in [1.807, 2.05) is 36.7 Å². The molecule has 1 N–H and O–H groups in total. The SMILES string of the molecule is N#CN1CC2(C1)CN(c1ccc(-c3cc(OC(CO)c4ccc(F)cn4)c4ccnn4c3)cn1)C2. The van der Waals surface area contributed by atoms with E-state index in [1.54, 1.807) is 15.6 Å². The Bertz CT molecular complexity index is 1400. The van der Waals surface area contributed by atoms with E-state index in [0.717, 1.165) is 54.8 Å². The van der Waals surface area contributed by atoms with Crippen molar-refractivity contribution in [2.75, 3.05) is 37.7 Å². The lowest BCUT2D eigenvalue weighted by Crippen LogP contribution is -2.71. The van der Waals surface area contributed by atoms with Crippen molar-refractivity contribution >= 4 is 11.3 Å². The van der Waals surface area contributed by atoms with Crippen LogP contribution in [0.2, 0.25) is 0 Å². The van der Waals surface area contributed by atoms with Crippen LogP contribution in [-0.2, 0) is 0 Å². The predicted octanol–water partition coefficient (Wildman–Crippen LogP) is 2.65. The van der Waals surface area contributed by atoms with E-state index in [-0.39, 0.29) is 12.0 Å². The summed E-state index contributed by atoms with van der Waals surface area (Å²) in [6.07, 6.45) is 7.93. The molecule has 10 heteroatoms. The Hall–Kier alpha value is -4.23. The number of rotatable bonds is 6. The van der Waals surface area contributed by atoms with E-state index >= 15 is 0 Å². The maximum absolute atomic E-state index is 13.3. The molecule has 4 aromatic rings. The molecule has 1 atom stereocenters. The molecule has 2 saturated heterocycles. The van der Waals surface area contributed by atoms with Gasteiger partial charge >= 0.3 is 0 Å². The van der Waals surface area contributed by atoms with Crippen LogP contribution in [0.5, 0.6) is 5.75 Å². The molecule has 6 rings (SSSR count). The third kappa shape index (κ3) is 3.80. The van der Waals surface area contributed by atoms with E-state index in [0.29, 0.717) is 11.4 Å². The lowest BCUT2D eigenvalue weighted by molar-refractivity contribution is 0.0191. The summed E-state index contributed by atoms with van der Waals surface area (Å²) in [4.78, 5) is 12.7. The first-order chi connectivity index (χ1) is 17.1. The van der Waals surface area contributed by atoms with Crippen molar-refractivity contribution in [3.05, 3.63) is 72.7 Å². The van der Waals surface area contributed by atoms with Crippen LogP contribution in [0, 0.1) is 22.7 Å². The van der Waals surface area contributed by atoms with Crippen molar-refractivity contribution < 1.29 is 14.2 Å². The molecule has 0 amide bonds. The van der Waals surface area contributed by atoms with Gasteiger partial charge < -0.3 is 19.6 Å². The monoisotopic (exact) mass is 471 g/mol. The molecule has 1 unspecified atom stereocenters. The summed E-state index contributed by atoms with van der Waals surface area (Å²) in [6.45, 7) is 3.16. The highest BCUT2D eigenvalue weighted by atomic mass is 19.1. The summed E-state index contributed by atoms with van der Waals surface area (Å²) >= 11 is 0. The lowest BCUT2D eigenvalue weighted by Gasteiger charge is -2.59. The number of aliphatic hydroxyl groups is 1. The summed E-state index contributed by atoms with van der Waals surface area (Å²) < 4.78 is 21.1. The Morgan fingerprint density at radius 2 is 1.94 bits per heavy atom. The van der Waals surface area contributed by atoms with E-state index in [1.165, 1.54) is 12.1 Å². The van der Waals surface area contributed by atoms with Gasteiger partial charge in [-0.15, -0.1) is 0 Å². The molecule has 0 saturated carbocycles. The summed E-state index contributed by atoms with van der Waals surface area (Å²) in [7, 11) is 0. The molecule has 0 bridgehead atoms. The highest BCUT2D eigenvalue weighted by molar-refractivity contribution is 5.71. The number of likely N-dealkylation sites (tertiary alicyclic amines) is 1. The molecule has 2 aliphatic heterocycles. The van der Waals surface area contributed by atoms with Crippen LogP contribution in [0.3, 0.4) is 0 Å². The molecule has 2 fully saturated rings. The number of pyridine rings is 3. The molecular weight excluding hydrogens is 449 g/mol. The lowest BCUT2D eigenvalue weighted by atomic mass is 9.73. The van der Waals surface area contributed by atoms with Crippen LogP contribution < -0.4 is 9.64 Å². The van der Waals surface area contributed by atoms with Gasteiger partial charge in [0.05, 0.1) is 24.7 Å². The average molecular weight is 471 g/mol. The van der Waals surface area contributed by atoms with Gasteiger partial charge in [-0.1, -0.05) is 0 Å². The van der Waals surface area contributed by atoms with Gasteiger partial charge in [0.1, 0.15) is 22.9 Å². The third-order valence-electron chi connectivity index (χ3n) is 6.64. The van der Waals surface area contributed by atoms with Crippen molar-refractivity contribution in [3.63, 3.8) is 0 Å². The maximum Gasteiger partial charge on any atom is 0.179 e. The molecule has 1 spiro atoms. The van der Waals surface area contributed by atoms with Crippen molar-refractivity contribution in [2.24, 2.45) is 5.41 Å². The van der Waals surface area contributed by atoms with Crippen LogP contribution in [0.25, 0.3) is 16.6 Å². The first kappa shape index (κ1) is 21.3. The van der Waals surface area contributed by atoms with Crippen LogP contribution in [-0.4, -0.2) is 62.4 Å². The fourth-order valence-corrected chi connectivity index (χ4v) is 4.87. The molecule has 2 aliphatic rings. The normalized spacial score (nSPS) is 17.1. The van der Waals surface area contributed by atoms with Gasteiger partial charge in [0, 0.05) is 55.1 Å². The van der Waals surface area contributed by atoms with Gasteiger partial charge in [-0.2, -0.15) is 10.4 Å². The Morgan fingerprint density at radius 3 is 2.63 bits per heavy atom. The smallest absolute Gasteiger partial charge is 0.179 e. The fraction of sp³-hybridized carbons (Fsp3) is 0.280. The zero-order valence-electron chi connectivity index (χ0n) is 18.8. The molecule has 9 nitrogen and oxygen atoms in total. The fourth-order valence-electron chi connectivity index (χ4n) is 4.87. The number of nitrogens with zero attached hydrogens (tertiary/aromatic N) is 7. The highest BCUT2D eigenvalue weighted by Gasteiger charge is 2.52. The minimum absolute atomic E-state index is 0.232. The topological polar surface area (TPSA) is 103 Å². The summed E-state index contributed by atoms with van der Waals surface area (Å²) in [6, 6.07) is 10.5. The zero-order valence-corrected chi connectivity index (χ0v) is 18.8. The molecule has 0 aliphatic carbocycles. The number of anilines is 1. The van der Waals surface area contributed by atoms with Crippen molar-refractivity contribution in [2.45, 2.75) is 6.10 Å². The molecule has 176 valence electrons. The van der Waals surface area contributed by atoms with Crippen LogP contribution in [0.4, 0.5) is 10.2 Å². The summed E-state index contributed by atoms with van der Waals surface area (Å²) in [5, 5.41) is 23.2. The minimum atomic E-state index is -0.757. The minimum Gasteiger partial charge on any atom is -0.479 e.